The van der Waals surface area contributed by atoms with E-state index in [0.29, 0.717) is 10.8 Å². The summed E-state index contributed by atoms with van der Waals surface area (Å²) >= 11 is 1.42. The Balaban J connectivity index is 1.67. The number of hydrogen-bond donors (Lipinski definition) is 2. The molecule has 0 bridgehead atoms. The number of aromatic nitrogens is 1. The summed E-state index contributed by atoms with van der Waals surface area (Å²) in [5.74, 6) is -0.166. The van der Waals surface area contributed by atoms with Crippen LogP contribution in [0.3, 0.4) is 0 Å². The average Bonchev–Trinajstić information content (AvgIpc) is 3.06. The van der Waals surface area contributed by atoms with Crippen LogP contribution in [-0.2, 0) is 0 Å². The molecular weight excluding hydrogens is 318 g/mol. The molecule has 0 radical (unpaired) electrons. The summed E-state index contributed by atoms with van der Waals surface area (Å²) < 4.78 is 0. The standard InChI is InChI=1S/C19H19N3OS/c1-13-8-6-7-11-16(13)21-19-22-17(12-24-19)18(23)20-14(2)15-9-4-3-5-10-15/h3-12,14H,1-2H3,(H,20,23)(H,21,22). The molecule has 5 heteroatoms. The smallest absolute Gasteiger partial charge is 0.271 e. The third-order valence-electron chi connectivity index (χ3n) is 3.77. The van der Waals surface area contributed by atoms with Crippen molar-refractivity contribution >= 4 is 28.1 Å². The second-order valence-corrected chi connectivity index (χ2v) is 6.44. The predicted molar refractivity (Wildman–Crippen MR) is 98.9 cm³/mol. The first-order chi connectivity index (χ1) is 11.6. The zero-order valence-corrected chi connectivity index (χ0v) is 14.4. The maximum absolute atomic E-state index is 12.4. The normalized spacial score (nSPS) is 11.8. The molecule has 2 N–H and O–H groups in total. The molecule has 0 spiro atoms. The fourth-order valence-electron chi connectivity index (χ4n) is 2.36. The average molecular weight is 337 g/mol. The molecule has 1 atom stereocenters. The molecule has 122 valence electrons. The lowest BCUT2D eigenvalue weighted by Crippen LogP contribution is -2.26. The largest absolute Gasteiger partial charge is 0.344 e. The van der Waals surface area contributed by atoms with Gasteiger partial charge in [-0.25, -0.2) is 4.98 Å². The number of aryl methyl sites for hydroxylation is 1. The van der Waals surface area contributed by atoms with Crippen molar-refractivity contribution in [3.8, 4) is 0 Å². The van der Waals surface area contributed by atoms with E-state index in [1.165, 1.54) is 11.3 Å². The highest BCUT2D eigenvalue weighted by Gasteiger charge is 2.14. The van der Waals surface area contributed by atoms with Gasteiger partial charge in [-0.15, -0.1) is 11.3 Å². The molecule has 0 aliphatic carbocycles. The summed E-state index contributed by atoms with van der Waals surface area (Å²) in [4.78, 5) is 16.8. The number of carbonyl (C=O) groups excluding carboxylic acids is 1. The minimum atomic E-state index is -0.166. The van der Waals surface area contributed by atoms with Crippen LogP contribution in [-0.4, -0.2) is 10.9 Å². The van der Waals surface area contributed by atoms with Crippen LogP contribution in [0.15, 0.2) is 60.0 Å². The lowest BCUT2D eigenvalue weighted by molar-refractivity contribution is 0.0935. The number of amides is 1. The summed E-state index contributed by atoms with van der Waals surface area (Å²) in [5, 5.41) is 8.72. The Morgan fingerprint density at radius 3 is 2.54 bits per heavy atom. The van der Waals surface area contributed by atoms with Crippen molar-refractivity contribution < 1.29 is 4.79 Å². The molecule has 3 rings (SSSR count). The van der Waals surface area contributed by atoms with Gasteiger partial charge in [0.2, 0.25) is 0 Å². The van der Waals surface area contributed by atoms with Gasteiger partial charge in [-0.3, -0.25) is 4.79 Å². The van der Waals surface area contributed by atoms with Crippen molar-refractivity contribution in [2.75, 3.05) is 5.32 Å². The Morgan fingerprint density at radius 2 is 1.79 bits per heavy atom. The number of benzene rings is 2. The number of carbonyl (C=O) groups is 1. The van der Waals surface area contributed by atoms with Crippen molar-refractivity contribution in [3.05, 3.63) is 76.8 Å². The molecule has 1 unspecified atom stereocenters. The van der Waals surface area contributed by atoms with Crippen LogP contribution in [0, 0.1) is 6.92 Å². The van der Waals surface area contributed by atoms with E-state index in [4.69, 9.17) is 0 Å². The Hall–Kier alpha value is -2.66. The van der Waals surface area contributed by atoms with Gasteiger partial charge in [0, 0.05) is 11.1 Å². The van der Waals surface area contributed by atoms with Crippen LogP contribution in [0.5, 0.6) is 0 Å². The highest BCUT2D eigenvalue weighted by Crippen LogP contribution is 2.23. The van der Waals surface area contributed by atoms with E-state index in [0.717, 1.165) is 16.8 Å². The van der Waals surface area contributed by atoms with Crippen molar-refractivity contribution in [1.29, 1.82) is 0 Å². The van der Waals surface area contributed by atoms with Crippen molar-refractivity contribution in [2.24, 2.45) is 0 Å². The van der Waals surface area contributed by atoms with Crippen molar-refractivity contribution in [1.82, 2.24) is 10.3 Å². The number of thiazole rings is 1. The molecule has 0 fully saturated rings. The molecular formula is C19H19N3OS. The summed E-state index contributed by atoms with van der Waals surface area (Å²) in [6.07, 6.45) is 0. The van der Waals surface area contributed by atoms with E-state index in [1.54, 1.807) is 5.38 Å². The molecule has 0 saturated carbocycles. The lowest BCUT2D eigenvalue weighted by Gasteiger charge is -2.13. The van der Waals surface area contributed by atoms with Gasteiger partial charge in [0.25, 0.3) is 5.91 Å². The van der Waals surface area contributed by atoms with E-state index in [-0.39, 0.29) is 11.9 Å². The quantitative estimate of drug-likeness (QED) is 0.710. The number of nitrogens with one attached hydrogen (secondary N) is 2. The third kappa shape index (κ3) is 3.81. The number of nitrogens with zero attached hydrogens (tertiary/aromatic N) is 1. The van der Waals surface area contributed by atoms with Gasteiger partial charge in [0.1, 0.15) is 5.69 Å². The van der Waals surface area contributed by atoms with Crippen LogP contribution in [0.4, 0.5) is 10.8 Å². The maximum Gasteiger partial charge on any atom is 0.271 e. The summed E-state index contributed by atoms with van der Waals surface area (Å²) in [6.45, 7) is 4.00. The number of rotatable bonds is 5. The number of para-hydroxylation sites is 1. The van der Waals surface area contributed by atoms with E-state index in [1.807, 2.05) is 68.4 Å². The molecule has 3 aromatic rings. The van der Waals surface area contributed by atoms with Gasteiger partial charge in [0.15, 0.2) is 5.13 Å². The SMILES string of the molecule is Cc1ccccc1Nc1nc(C(=O)NC(C)c2ccccc2)cs1. The van der Waals surface area contributed by atoms with Crippen molar-refractivity contribution in [2.45, 2.75) is 19.9 Å². The Bertz CT molecular complexity index is 829. The Kier molecular flexibility index (Phi) is 4.91. The molecule has 4 nitrogen and oxygen atoms in total. The van der Waals surface area contributed by atoms with Crippen LogP contribution in [0.1, 0.15) is 34.6 Å². The maximum atomic E-state index is 12.4. The zero-order chi connectivity index (χ0) is 16.9. The van der Waals surface area contributed by atoms with Gasteiger partial charge in [-0.05, 0) is 31.0 Å². The van der Waals surface area contributed by atoms with Gasteiger partial charge in [0.05, 0.1) is 6.04 Å². The van der Waals surface area contributed by atoms with Crippen LogP contribution >= 0.6 is 11.3 Å². The topological polar surface area (TPSA) is 54.0 Å². The highest BCUT2D eigenvalue weighted by atomic mass is 32.1. The van der Waals surface area contributed by atoms with E-state index in [9.17, 15) is 4.79 Å². The first kappa shape index (κ1) is 16.2. The molecule has 0 aliphatic rings. The second kappa shape index (κ2) is 7.27. The van der Waals surface area contributed by atoms with Crippen LogP contribution in [0.2, 0.25) is 0 Å². The monoisotopic (exact) mass is 337 g/mol. The minimum Gasteiger partial charge on any atom is -0.344 e. The van der Waals surface area contributed by atoms with Crippen molar-refractivity contribution in [3.63, 3.8) is 0 Å². The van der Waals surface area contributed by atoms with Gasteiger partial charge in [-0.1, -0.05) is 48.5 Å². The zero-order valence-electron chi connectivity index (χ0n) is 13.6. The molecule has 1 heterocycles. The summed E-state index contributed by atoms with van der Waals surface area (Å²) in [6, 6.07) is 17.8. The number of anilines is 2. The summed E-state index contributed by atoms with van der Waals surface area (Å²) in [7, 11) is 0. The lowest BCUT2D eigenvalue weighted by atomic mass is 10.1. The Morgan fingerprint density at radius 1 is 1.08 bits per heavy atom. The van der Waals surface area contributed by atoms with Crippen LogP contribution < -0.4 is 10.6 Å². The number of hydrogen-bond acceptors (Lipinski definition) is 4. The molecule has 2 aromatic carbocycles. The molecule has 0 aliphatic heterocycles. The first-order valence-corrected chi connectivity index (χ1v) is 8.65. The predicted octanol–water partition coefficient (Wildman–Crippen LogP) is 4.69. The molecule has 1 aromatic heterocycles. The van der Waals surface area contributed by atoms with E-state index < -0.39 is 0 Å². The molecule has 24 heavy (non-hydrogen) atoms. The van der Waals surface area contributed by atoms with Gasteiger partial charge in [-0.2, -0.15) is 0 Å². The van der Waals surface area contributed by atoms with Crippen LogP contribution in [0.25, 0.3) is 0 Å². The third-order valence-corrected chi connectivity index (χ3v) is 4.53. The fourth-order valence-corrected chi connectivity index (χ4v) is 3.06. The van der Waals surface area contributed by atoms with E-state index in [2.05, 4.69) is 15.6 Å². The minimum absolute atomic E-state index is 0.0619. The van der Waals surface area contributed by atoms with Gasteiger partial charge < -0.3 is 10.6 Å². The highest BCUT2D eigenvalue weighted by molar-refractivity contribution is 7.14. The Labute approximate surface area is 145 Å². The fraction of sp³-hybridized carbons (Fsp3) is 0.158. The summed E-state index contributed by atoms with van der Waals surface area (Å²) in [5.41, 5.74) is 3.63. The second-order valence-electron chi connectivity index (χ2n) is 5.58. The van der Waals surface area contributed by atoms with Gasteiger partial charge >= 0.3 is 0 Å². The molecule has 0 saturated heterocycles. The first-order valence-electron chi connectivity index (χ1n) is 7.77. The van der Waals surface area contributed by atoms with E-state index >= 15 is 0 Å². The molecule has 1 amide bonds.